The first-order valence-corrected chi connectivity index (χ1v) is 6.16. The first-order valence-electron chi connectivity index (χ1n) is 6.16. The van der Waals surface area contributed by atoms with Gasteiger partial charge < -0.3 is 14.2 Å². The van der Waals surface area contributed by atoms with Crippen molar-refractivity contribution < 1.29 is 14.2 Å². The molecule has 1 heterocycles. The first kappa shape index (κ1) is 11.7. The predicted octanol–water partition coefficient (Wildman–Crippen LogP) is 3.94. The fraction of sp³-hybridized carbons (Fsp3) is 0.125. The second kappa shape index (κ2) is 5.06. The van der Waals surface area contributed by atoms with Crippen molar-refractivity contribution in [1.29, 1.82) is 0 Å². The Hall–Kier alpha value is -2.42. The normalized spacial score (nSPS) is 12.4. The first-order chi connectivity index (χ1) is 9.35. The largest absolute Gasteiger partial charge is 0.489 e. The Bertz CT molecular complexity index is 587. The van der Waals surface area contributed by atoms with E-state index in [-0.39, 0.29) is 0 Å². The molecular weight excluding hydrogens is 240 g/mol. The van der Waals surface area contributed by atoms with E-state index < -0.39 is 0 Å². The summed E-state index contributed by atoms with van der Waals surface area (Å²) in [5.74, 6) is 3.01. The average Bonchev–Trinajstić information content (AvgIpc) is 2.45. The molecule has 1 aliphatic heterocycles. The summed E-state index contributed by atoms with van der Waals surface area (Å²) < 4.78 is 16.6. The van der Waals surface area contributed by atoms with E-state index in [9.17, 15) is 0 Å². The van der Waals surface area contributed by atoms with Gasteiger partial charge in [0.15, 0.2) is 11.5 Å². The molecule has 0 spiro atoms. The van der Waals surface area contributed by atoms with Gasteiger partial charge in [-0.1, -0.05) is 12.6 Å². The van der Waals surface area contributed by atoms with Crippen LogP contribution >= 0.6 is 0 Å². The van der Waals surface area contributed by atoms with Crippen molar-refractivity contribution in [3.63, 3.8) is 0 Å². The lowest BCUT2D eigenvalue weighted by molar-refractivity contribution is 0.295. The Labute approximate surface area is 112 Å². The SMILES string of the molecule is C=COc1ccc(Oc2ccc3cc2OCC3)cc1. The fourth-order valence-corrected chi connectivity index (χ4v) is 1.99. The molecule has 2 aromatic rings. The van der Waals surface area contributed by atoms with E-state index in [1.807, 2.05) is 36.4 Å². The lowest BCUT2D eigenvalue weighted by atomic mass is 10.1. The van der Waals surface area contributed by atoms with Crippen LogP contribution in [0.4, 0.5) is 0 Å². The standard InChI is InChI=1S/C16H14O3/c1-2-17-13-4-6-14(7-5-13)19-15-8-3-12-9-10-18-16(15)11-12/h2-8,11H,1,9-10H2. The van der Waals surface area contributed by atoms with E-state index in [0.717, 1.165) is 29.4 Å². The van der Waals surface area contributed by atoms with Gasteiger partial charge >= 0.3 is 0 Å². The summed E-state index contributed by atoms with van der Waals surface area (Å²) >= 11 is 0. The van der Waals surface area contributed by atoms with Gasteiger partial charge in [-0.25, -0.2) is 0 Å². The molecule has 0 atom stereocenters. The highest BCUT2D eigenvalue weighted by Gasteiger charge is 2.12. The molecule has 2 bridgehead atoms. The van der Waals surface area contributed by atoms with E-state index >= 15 is 0 Å². The minimum Gasteiger partial charge on any atom is -0.489 e. The van der Waals surface area contributed by atoms with Gasteiger partial charge in [0.1, 0.15) is 11.5 Å². The highest BCUT2D eigenvalue weighted by atomic mass is 16.5. The second-order valence-corrected chi connectivity index (χ2v) is 4.24. The molecule has 0 saturated heterocycles. The molecule has 0 radical (unpaired) electrons. The molecule has 0 aliphatic carbocycles. The van der Waals surface area contributed by atoms with Crippen LogP contribution in [0.15, 0.2) is 55.3 Å². The van der Waals surface area contributed by atoms with Crippen molar-refractivity contribution in [3.05, 3.63) is 60.9 Å². The Morgan fingerprint density at radius 3 is 2.63 bits per heavy atom. The van der Waals surface area contributed by atoms with Crippen LogP contribution in [0.2, 0.25) is 0 Å². The number of hydrogen-bond donors (Lipinski definition) is 0. The van der Waals surface area contributed by atoms with Gasteiger partial charge in [-0.3, -0.25) is 0 Å². The van der Waals surface area contributed by atoms with Crippen molar-refractivity contribution in [2.45, 2.75) is 6.42 Å². The van der Waals surface area contributed by atoms with Crippen LogP contribution in [0.5, 0.6) is 23.0 Å². The lowest BCUT2D eigenvalue weighted by Crippen LogP contribution is -2.07. The molecule has 0 amide bonds. The third kappa shape index (κ3) is 2.55. The minimum absolute atomic E-state index is 0.713. The maximum absolute atomic E-state index is 5.82. The molecular formula is C16H14O3. The van der Waals surface area contributed by atoms with Gasteiger partial charge in [0.25, 0.3) is 0 Å². The van der Waals surface area contributed by atoms with E-state index in [1.54, 1.807) is 0 Å². The van der Waals surface area contributed by atoms with Crippen LogP contribution in [0.1, 0.15) is 5.56 Å². The summed E-state index contributed by atoms with van der Waals surface area (Å²) in [7, 11) is 0. The third-order valence-corrected chi connectivity index (χ3v) is 2.93. The Kier molecular flexibility index (Phi) is 3.11. The highest BCUT2D eigenvalue weighted by molar-refractivity contribution is 5.47. The molecule has 0 saturated carbocycles. The smallest absolute Gasteiger partial charge is 0.169 e. The van der Waals surface area contributed by atoms with Gasteiger partial charge in [-0.2, -0.15) is 0 Å². The second-order valence-electron chi connectivity index (χ2n) is 4.24. The van der Waals surface area contributed by atoms with Crippen LogP contribution in [0.3, 0.4) is 0 Å². The van der Waals surface area contributed by atoms with Crippen LogP contribution in [0.25, 0.3) is 0 Å². The van der Waals surface area contributed by atoms with Gasteiger partial charge in [0, 0.05) is 6.42 Å². The van der Waals surface area contributed by atoms with E-state index in [0.29, 0.717) is 6.61 Å². The minimum atomic E-state index is 0.713. The van der Waals surface area contributed by atoms with E-state index in [2.05, 4.69) is 12.6 Å². The fourth-order valence-electron chi connectivity index (χ4n) is 1.99. The zero-order valence-electron chi connectivity index (χ0n) is 10.5. The molecule has 3 heteroatoms. The zero-order valence-corrected chi connectivity index (χ0v) is 10.5. The average molecular weight is 254 g/mol. The number of fused-ring (bicyclic) bond motifs is 2. The van der Waals surface area contributed by atoms with Crippen molar-refractivity contribution in [3.8, 4) is 23.0 Å². The summed E-state index contributed by atoms with van der Waals surface area (Å²) in [5.41, 5.74) is 1.28. The Morgan fingerprint density at radius 2 is 1.84 bits per heavy atom. The summed E-state index contributed by atoms with van der Waals surface area (Å²) in [5, 5.41) is 0. The molecule has 3 rings (SSSR count). The van der Waals surface area contributed by atoms with Crippen LogP contribution in [-0.2, 0) is 6.42 Å². The summed E-state index contributed by atoms with van der Waals surface area (Å²) in [6.07, 6.45) is 2.35. The Balaban J connectivity index is 1.79. The van der Waals surface area contributed by atoms with Crippen molar-refractivity contribution in [2.24, 2.45) is 0 Å². The summed E-state index contributed by atoms with van der Waals surface area (Å²) in [6, 6.07) is 13.4. The van der Waals surface area contributed by atoms with Crippen LogP contribution in [0, 0.1) is 0 Å². The van der Waals surface area contributed by atoms with Crippen LogP contribution in [-0.4, -0.2) is 6.61 Å². The molecule has 19 heavy (non-hydrogen) atoms. The van der Waals surface area contributed by atoms with Crippen molar-refractivity contribution in [1.82, 2.24) is 0 Å². The molecule has 0 fully saturated rings. The van der Waals surface area contributed by atoms with E-state index in [1.165, 1.54) is 11.8 Å². The number of ether oxygens (including phenoxy) is 3. The van der Waals surface area contributed by atoms with Gasteiger partial charge in [0.2, 0.25) is 0 Å². The van der Waals surface area contributed by atoms with E-state index in [4.69, 9.17) is 14.2 Å². The lowest BCUT2D eigenvalue weighted by Gasteiger charge is -2.18. The predicted molar refractivity (Wildman–Crippen MR) is 73.0 cm³/mol. The van der Waals surface area contributed by atoms with Gasteiger partial charge in [-0.15, -0.1) is 0 Å². The maximum atomic E-state index is 5.82. The number of rotatable bonds is 4. The monoisotopic (exact) mass is 254 g/mol. The summed E-state index contributed by atoms with van der Waals surface area (Å²) in [6.45, 7) is 4.23. The number of benzene rings is 2. The third-order valence-electron chi connectivity index (χ3n) is 2.93. The van der Waals surface area contributed by atoms with Gasteiger partial charge in [-0.05, 0) is 42.0 Å². The molecule has 96 valence electrons. The van der Waals surface area contributed by atoms with Crippen molar-refractivity contribution >= 4 is 0 Å². The number of hydrogen-bond acceptors (Lipinski definition) is 3. The van der Waals surface area contributed by atoms with Gasteiger partial charge in [0.05, 0.1) is 12.9 Å². The molecule has 3 nitrogen and oxygen atoms in total. The quantitative estimate of drug-likeness (QED) is 0.773. The van der Waals surface area contributed by atoms with Crippen LogP contribution < -0.4 is 14.2 Å². The summed E-state index contributed by atoms with van der Waals surface area (Å²) in [4.78, 5) is 0. The topological polar surface area (TPSA) is 27.7 Å². The zero-order chi connectivity index (χ0) is 13.1. The molecule has 0 N–H and O–H groups in total. The Morgan fingerprint density at radius 1 is 1.05 bits per heavy atom. The maximum Gasteiger partial charge on any atom is 0.169 e. The molecule has 1 aliphatic rings. The molecule has 0 aromatic heterocycles. The molecule has 0 unspecified atom stereocenters. The van der Waals surface area contributed by atoms with Crippen molar-refractivity contribution in [2.75, 3.05) is 6.61 Å². The highest BCUT2D eigenvalue weighted by Crippen LogP contribution is 2.35. The molecule has 2 aromatic carbocycles.